The molecule has 1 N–H and O–H groups in total. The average molecular weight is 228 g/mol. The van der Waals surface area contributed by atoms with Gasteiger partial charge in [0.2, 0.25) is 0 Å². The first-order valence-corrected chi connectivity index (χ1v) is 5.54. The summed E-state index contributed by atoms with van der Waals surface area (Å²) in [5.41, 5.74) is 0.859. The number of carbonyl (C=O) groups is 1. The number of aliphatic carboxylic acids is 1. The Labute approximate surface area is 91.4 Å². The number of ether oxygens (including phenoxy) is 2. The van der Waals surface area contributed by atoms with Gasteiger partial charge in [-0.2, -0.15) is 11.3 Å². The lowest BCUT2D eigenvalue weighted by Gasteiger charge is -2.16. The van der Waals surface area contributed by atoms with Crippen LogP contribution in [0.3, 0.4) is 0 Å². The van der Waals surface area contributed by atoms with Gasteiger partial charge in [-0.25, -0.2) is 4.79 Å². The number of thiophene rings is 1. The van der Waals surface area contributed by atoms with Crippen molar-refractivity contribution in [2.24, 2.45) is 0 Å². The largest absolute Gasteiger partial charge is 0.479 e. The van der Waals surface area contributed by atoms with Crippen molar-refractivity contribution in [2.45, 2.75) is 31.8 Å². The molecule has 0 spiro atoms. The summed E-state index contributed by atoms with van der Waals surface area (Å²) in [6.45, 7) is 3.44. The summed E-state index contributed by atoms with van der Waals surface area (Å²) in [5, 5.41) is 12.8. The summed E-state index contributed by atoms with van der Waals surface area (Å²) in [5.74, 6) is -1.83. The number of rotatable bonds is 2. The Morgan fingerprint density at radius 3 is 2.80 bits per heavy atom. The number of hydrogen-bond donors (Lipinski definition) is 1. The SMILES string of the molecule is CC1(C)OC(C(=O)O)C(c2ccsc2)O1. The lowest BCUT2D eigenvalue weighted by atomic mass is 10.1. The van der Waals surface area contributed by atoms with Crippen LogP contribution in [0.5, 0.6) is 0 Å². The molecule has 1 aromatic rings. The number of hydrogen-bond acceptors (Lipinski definition) is 4. The Morgan fingerprint density at radius 1 is 1.53 bits per heavy atom. The third-order valence-electron chi connectivity index (χ3n) is 2.21. The molecule has 1 aliphatic rings. The highest BCUT2D eigenvalue weighted by Crippen LogP contribution is 2.38. The minimum atomic E-state index is -0.989. The number of carboxylic acids is 1. The van der Waals surface area contributed by atoms with Gasteiger partial charge >= 0.3 is 5.97 Å². The van der Waals surface area contributed by atoms with Crippen molar-refractivity contribution < 1.29 is 19.4 Å². The van der Waals surface area contributed by atoms with Crippen molar-refractivity contribution in [1.82, 2.24) is 0 Å². The lowest BCUT2D eigenvalue weighted by Crippen LogP contribution is -2.27. The van der Waals surface area contributed by atoms with E-state index in [2.05, 4.69) is 0 Å². The van der Waals surface area contributed by atoms with Crippen LogP contribution in [0.4, 0.5) is 0 Å². The Hall–Kier alpha value is -0.910. The van der Waals surface area contributed by atoms with Gasteiger partial charge in [-0.15, -0.1) is 0 Å². The normalized spacial score (nSPS) is 29.2. The fourth-order valence-corrected chi connectivity index (χ4v) is 2.31. The number of carboxylic acid groups (broad SMARTS) is 1. The second-order valence-electron chi connectivity index (χ2n) is 3.87. The zero-order valence-corrected chi connectivity index (χ0v) is 9.28. The lowest BCUT2D eigenvalue weighted by molar-refractivity contribution is -0.165. The van der Waals surface area contributed by atoms with Gasteiger partial charge in [-0.05, 0) is 36.2 Å². The molecule has 0 bridgehead atoms. The predicted octanol–water partition coefficient (Wildman–Crippen LogP) is 2.03. The van der Waals surface area contributed by atoms with Crippen molar-refractivity contribution in [3.63, 3.8) is 0 Å². The van der Waals surface area contributed by atoms with Crippen LogP contribution < -0.4 is 0 Å². The van der Waals surface area contributed by atoms with E-state index in [1.54, 1.807) is 13.8 Å². The molecule has 1 saturated heterocycles. The molecular weight excluding hydrogens is 216 g/mol. The first-order valence-electron chi connectivity index (χ1n) is 4.60. The molecule has 5 heteroatoms. The van der Waals surface area contributed by atoms with E-state index in [1.165, 1.54) is 11.3 Å². The molecule has 0 radical (unpaired) electrons. The molecule has 82 valence electrons. The molecule has 0 saturated carbocycles. The molecule has 0 aliphatic carbocycles. The van der Waals surface area contributed by atoms with Gasteiger partial charge in [-0.1, -0.05) is 0 Å². The Bertz CT molecular complexity index is 358. The highest BCUT2D eigenvalue weighted by molar-refractivity contribution is 7.07. The summed E-state index contributed by atoms with van der Waals surface area (Å²) in [6, 6.07) is 1.86. The molecule has 2 unspecified atom stereocenters. The van der Waals surface area contributed by atoms with Crippen LogP contribution >= 0.6 is 11.3 Å². The average Bonchev–Trinajstić information content (AvgIpc) is 2.70. The van der Waals surface area contributed by atoms with Crippen LogP contribution in [-0.2, 0) is 14.3 Å². The highest BCUT2D eigenvalue weighted by atomic mass is 32.1. The second-order valence-corrected chi connectivity index (χ2v) is 4.65. The molecule has 4 nitrogen and oxygen atoms in total. The summed E-state index contributed by atoms with van der Waals surface area (Å²) < 4.78 is 10.9. The topological polar surface area (TPSA) is 55.8 Å². The van der Waals surface area contributed by atoms with Crippen molar-refractivity contribution in [3.05, 3.63) is 22.4 Å². The van der Waals surface area contributed by atoms with Gasteiger partial charge in [-0.3, -0.25) is 0 Å². The van der Waals surface area contributed by atoms with Crippen molar-refractivity contribution >= 4 is 17.3 Å². The fourth-order valence-electron chi connectivity index (χ4n) is 1.62. The van der Waals surface area contributed by atoms with E-state index in [0.29, 0.717) is 0 Å². The van der Waals surface area contributed by atoms with Crippen LogP contribution in [0.15, 0.2) is 16.8 Å². The Kier molecular flexibility index (Phi) is 2.54. The maximum absolute atomic E-state index is 11.0. The first kappa shape index (κ1) is 10.6. The molecular formula is C10H12O4S. The molecule has 2 heterocycles. The molecule has 1 aromatic heterocycles. The van der Waals surface area contributed by atoms with E-state index in [4.69, 9.17) is 14.6 Å². The Balaban J connectivity index is 2.27. The maximum atomic E-state index is 11.0. The molecule has 0 amide bonds. The maximum Gasteiger partial charge on any atom is 0.336 e. The molecule has 0 aromatic carbocycles. The van der Waals surface area contributed by atoms with E-state index in [9.17, 15) is 4.79 Å². The molecule has 15 heavy (non-hydrogen) atoms. The minimum absolute atomic E-state index is 0.510. The van der Waals surface area contributed by atoms with Crippen molar-refractivity contribution in [1.29, 1.82) is 0 Å². The van der Waals surface area contributed by atoms with Crippen LogP contribution in [-0.4, -0.2) is 23.0 Å². The van der Waals surface area contributed by atoms with Gasteiger partial charge < -0.3 is 14.6 Å². The van der Waals surface area contributed by atoms with Gasteiger partial charge in [0.25, 0.3) is 0 Å². The van der Waals surface area contributed by atoms with Crippen molar-refractivity contribution in [3.8, 4) is 0 Å². The summed E-state index contributed by atoms with van der Waals surface area (Å²) >= 11 is 1.51. The summed E-state index contributed by atoms with van der Waals surface area (Å²) in [6.07, 6.45) is -1.43. The second kappa shape index (κ2) is 3.59. The quantitative estimate of drug-likeness (QED) is 0.841. The van der Waals surface area contributed by atoms with Crippen molar-refractivity contribution in [2.75, 3.05) is 0 Å². The van der Waals surface area contributed by atoms with Gasteiger partial charge in [0.15, 0.2) is 11.9 Å². The molecule has 2 rings (SSSR count). The highest BCUT2D eigenvalue weighted by Gasteiger charge is 2.46. The standard InChI is InChI=1S/C10H12O4S/c1-10(2)13-7(6-3-4-15-5-6)8(14-10)9(11)12/h3-5,7-8H,1-2H3,(H,11,12). The van der Waals surface area contributed by atoms with E-state index >= 15 is 0 Å². The predicted molar refractivity (Wildman–Crippen MR) is 54.7 cm³/mol. The summed E-state index contributed by atoms with van der Waals surface area (Å²) in [7, 11) is 0. The van der Waals surface area contributed by atoms with E-state index < -0.39 is 24.0 Å². The van der Waals surface area contributed by atoms with Crippen LogP contribution in [0, 0.1) is 0 Å². The monoisotopic (exact) mass is 228 g/mol. The molecule has 1 fully saturated rings. The molecule has 2 atom stereocenters. The van der Waals surface area contributed by atoms with Gasteiger partial charge in [0.05, 0.1) is 0 Å². The third-order valence-corrected chi connectivity index (χ3v) is 2.91. The van der Waals surface area contributed by atoms with Crippen LogP contribution in [0.1, 0.15) is 25.5 Å². The third kappa shape index (κ3) is 2.04. The van der Waals surface area contributed by atoms with E-state index in [-0.39, 0.29) is 0 Å². The van der Waals surface area contributed by atoms with Crippen LogP contribution in [0.25, 0.3) is 0 Å². The fraction of sp³-hybridized carbons (Fsp3) is 0.500. The first-order chi connectivity index (χ1) is 6.99. The minimum Gasteiger partial charge on any atom is -0.479 e. The molecule has 1 aliphatic heterocycles. The van der Waals surface area contributed by atoms with E-state index in [0.717, 1.165) is 5.56 Å². The Morgan fingerprint density at radius 2 is 2.27 bits per heavy atom. The zero-order valence-electron chi connectivity index (χ0n) is 8.47. The van der Waals surface area contributed by atoms with Crippen LogP contribution in [0.2, 0.25) is 0 Å². The summed E-state index contributed by atoms with van der Waals surface area (Å²) in [4.78, 5) is 11.0. The van der Waals surface area contributed by atoms with Gasteiger partial charge in [0, 0.05) is 0 Å². The van der Waals surface area contributed by atoms with Gasteiger partial charge in [0.1, 0.15) is 6.10 Å². The zero-order chi connectivity index (χ0) is 11.1. The smallest absolute Gasteiger partial charge is 0.336 e. The van der Waals surface area contributed by atoms with E-state index in [1.807, 2.05) is 16.8 Å².